The van der Waals surface area contributed by atoms with E-state index in [2.05, 4.69) is 10.3 Å². The standard InChI is InChI=1S/C16H18N2O3/c19-14-7-3-4-10(14)8-18-15-11-5-1-2-6-13(11)17-9-12(15)16(20)21/h1-2,5-6,9-10,14,19H,3-4,7-8H2,(H,17,18)(H,20,21). The van der Waals surface area contributed by atoms with E-state index in [1.165, 1.54) is 6.20 Å². The maximum atomic E-state index is 11.4. The monoisotopic (exact) mass is 286 g/mol. The molecule has 1 heterocycles. The van der Waals surface area contributed by atoms with E-state index >= 15 is 0 Å². The van der Waals surface area contributed by atoms with Gasteiger partial charge in [-0.05, 0) is 18.9 Å². The maximum absolute atomic E-state index is 11.4. The van der Waals surface area contributed by atoms with Gasteiger partial charge in [0.2, 0.25) is 0 Å². The van der Waals surface area contributed by atoms with Gasteiger partial charge < -0.3 is 15.5 Å². The van der Waals surface area contributed by atoms with E-state index in [1.54, 1.807) is 0 Å². The topological polar surface area (TPSA) is 82.5 Å². The second-order valence-corrected chi connectivity index (χ2v) is 5.51. The van der Waals surface area contributed by atoms with Gasteiger partial charge in [0.05, 0.1) is 17.3 Å². The molecule has 5 nitrogen and oxygen atoms in total. The van der Waals surface area contributed by atoms with Gasteiger partial charge >= 0.3 is 5.97 Å². The molecule has 3 N–H and O–H groups in total. The number of nitrogens with one attached hydrogen (secondary N) is 1. The third-order valence-corrected chi connectivity index (χ3v) is 4.17. The molecule has 0 spiro atoms. The van der Waals surface area contributed by atoms with Gasteiger partial charge in [-0.3, -0.25) is 4.98 Å². The first-order valence-electron chi connectivity index (χ1n) is 7.20. The van der Waals surface area contributed by atoms with Gasteiger partial charge in [0.15, 0.2) is 0 Å². The van der Waals surface area contributed by atoms with Crippen molar-refractivity contribution in [2.45, 2.75) is 25.4 Å². The minimum atomic E-state index is -0.997. The van der Waals surface area contributed by atoms with E-state index < -0.39 is 5.97 Å². The number of carboxylic acid groups (broad SMARTS) is 1. The number of aromatic nitrogens is 1. The molecule has 1 fully saturated rings. The fraction of sp³-hybridized carbons (Fsp3) is 0.375. The predicted molar refractivity (Wildman–Crippen MR) is 80.5 cm³/mol. The van der Waals surface area contributed by atoms with E-state index in [-0.39, 0.29) is 17.6 Å². The Bertz CT molecular complexity index is 672. The third kappa shape index (κ3) is 2.69. The van der Waals surface area contributed by atoms with Gasteiger partial charge in [0.25, 0.3) is 0 Å². The molecule has 2 unspecified atom stereocenters. The number of aliphatic hydroxyl groups excluding tert-OH is 1. The van der Waals surface area contributed by atoms with Crippen LogP contribution >= 0.6 is 0 Å². The SMILES string of the molecule is O=C(O)c1cnc2ccccc2c1NCC1CCCC1O. The largest absolute Gasteiger partial charge is 0.478 e. The molecule has 1 aromatic heterocycles. The molecule has 1 aromatic carbocycles. The molecule has 0 amide bonds. The summed E-state index contributed by atoms with van der Waals surface area (Å²) >= 11 is 0. The summed E-state index contributed by atoms with van der Waals surface area (Å²) in [5.41, 5.74) is 1.52. The second kappa shape index (κ2) is 5.69. The van der Waals surface area contributed by atoms with Gasteiger partial charge in [-0.2, -0.15) is 0 Å². The zero-order valence-electron chi connectivity index (χ0n) is 11.6. The first-order valence-corrected chi connectivity index (χ1v) is 7.20. The molecule has 0 bridgehead atoms. The molecule has 2 aromatic rings. The minimum absolute atomic E-state index is 0.168. The number of fused-ring (bicyclic) bond motifs is 1. The van der Waals surface area contributed by atoms with Gasteiger partial charge in [-0.1, -0.05) is 24.6 Å². The summed E-state index contributed by atoms with van der Waals surface area (Å²) in [6.45, 7) is 0.579. The van der Waals surface area contributed by atoms with Gasteiger partial charge in [0, 0.05) is 24.0 Å². The van der Waals surface area contributed by atoms with Crippen LogP contribution in [0.1, 0.15) is 29.6 Å². The first kappa shape index (κ1) is 13.8. The number of hydrogen-bond donors (Lipinski definition) is 3. The van der Waals surface area contributed by atoms with Crippen molar-refractivity contribution in [1.29, 1.82) is 0 Å². The molecule has 2 atom stereocenters. The molecule has 1 saturated carbocycles. The Morgan fingerprint density at radius 1 is 1.33 bits per heavy atom. The lowest BCUT2D eigenvalue weighted by molar-refractivity contribution is 0.0697. The van der Waals surface area contributed by atoms with Gasteiger partial charge in [-0.25, -0.2) is 4.79 Å². The van der Waals surface area contributed by atoms with Crippen molar-refractivity contribution in [2.24, 2.45) is 5.92 Å². The highest BCUT2D eigenvalue weighted by Crippen LogP contribution is 2.29. The summed E-state index contributed by atoms with van der Waals surface area (Å²) < 4.78 is 0. The van der Waals surface area contributed by atoms with Crippen molar-refractivity contribution >= 4 is 22.6 Å². The highest BCUT2D eigenvalue weighted by atomic mass is 16.4. The molecule has 0 radical (unpaired) electrons. The van der Waals surface area contributed by atoms with Crippen LogP contribution in [-0.4, -0.2) is 33.8 Å². The summed E-state index contributed by atoms with van der Waals surface area (Å²) in [6.07, 6.45) is 3.92. The second-order valence-electron chi connectivity index (χ2n) is 5.51. The summed E-state index contributed by atoms with van der Waals surface area (Å²) in [6, 6.07) is 7.46. The molecule has 21 heavy (non-hydrogen) atoms. The lowest BCUT2D eigenvalue weighted by Gasteiger charge is -2.18. The Hall–Kier alpha value is -2.14. The molecule has 1 aliphatic carbocycles. The zero-order chi connectivity index (χ0) is 14.8. The molecule has 3 rings (SSSR count). The minimum Gasteiger partial charge on any atom is -0.478 e. The number of hydrogen-bond acceptors (Lipinski definition) is 4. The van der Waals surface area contributed by atoms with Crippen LogP contribution in [0.4, 0.5) is 5.69 Å². The number of carboxylic acids is 1. The number of benzene rings is 1. The Balaban J connectivity index is 1.94. The van der Waals surface area contributed by atoms with Crippen molar-refractivity contribution in [3.05, 3.63) is 36.0 Å². The van der Waals surface area contributed by atoms with Crippen LogP contribution in [0.3, 0.4) is 0 Å². The predicted octanol–water partition coefficient (Wildman–Crippen LogP) is 2.51. The number of anilines is 1. The van der Waals surface area contributed by atoms with Crippen LogP contribution in [-0.2, 0) is 0 Å². The highest BCUT2D eigenvalue weighted by Gasteiger charge is 2.25. The maximum Gasteiger partial charge on any atom is 0.339 e. The number of rotatable bonds is 4. The fourth-order valence-electron chi connectivity index (χ4n) is 2.98. The Morgan fingerprint density at radius 2 is 2.14 bits per heavy atom. The van der Waals surface area contributed by atoms with Crippen molar-refractivity contribution < 1.29 is 15.0 Å². The third-order valence-electron chi connectivity index (χ3n) is 4.17. The lowest BCUT2D eigenvalue weighted by atomic mass is 10.0. The van der Waals surface area contributed by atoms with E-state index in [1.807, 2.05) is 24.3 Å². The lowest BCUT2D eigenvalue weighted by Crippen LogP contribution is -2.23. The van der Waals surface area contributed by atoms with Gasteiger partial charge in [0.1, 0.15) is 5.56 Å². The van der Waals surface area contributed by atoms with E-state index in [4.69, 9.17) is 0 Å². The number of para-hydroxylation sites is 1. The number of aliphatic hydroxyl groups is 1. The van der Waals surface area contributed by atoms with Crippen molar-refractivity contribution in [2.75, 3.05) is 11.9 Å². The highest BCUT2D eigenvalue weighted by molar-refractivity contribution is 6.04. The van der Waals surface area contributed by atoms with Crippen molar-refractivity contribution in [3.63, 3.8) is 0 Å². The van der Waals surface area contributed by atoms with Crippen molar-refractivity contribution in [1.82, 2.24) is 4.98 Å². The number of aromatic carboxylic acids is 1. The van der Waals surface area contributed by atoms with Crippen LogP contribution in [0.5, 0.6) is 0 Å². The smallest absolute Gasteiger partial charge is 0.339 e. The fourth-order valence-corrected chi connectivity index (χ4v) is 2.98. The van der Waals surface area contributed by atoms with Crippen LogP contribution in [0.15, 0.2) is 30.5 Å². The quantitative estimate of drug-likeness (QED) is 0.804. The first-order chi connectivity index (χ1) is 10.2. The Labute approximate surface area is 122 Å². The number of pyridine rings is 1. The zero-order valence-corrected chi connectivity index (χ0v) is 11.6. The van der Waals surface area contributed by atoms with Crippen LogP contribution < -0.4 is 5.32 Å². The average Bonchev–Trinajstić information content (AvgIpc) is 2.89. The number of carbonyl (C=O) groups is 1. The van der Waals surface area contributed by atoms with Crippen LogP contribution in [0, 0.1) is 5.92 Å². The Kier molecular flexibility index (Phi) is 3.75. The molecule has 1 aliphatic rings. The summed E-state index contributed by atoms with van der Waals surface area (Å²) in [5.74, 6) is -0.818. The molecule has 5 heteroatoms. The summed E-state index contributed by atoms with van der Waals surface area (Å²) in [5, 5.41) is 23.3. The van der Waals surface area contributed by atoms with Crippen molar-refractivity contribution in [3.8, 4) is 0 Å². The molecular weight excluding hydrogens is 268 g/mol. The normalized spacial score (nSPS) is 21.6. The van der Waals surface area contributed by atoms with Gasteiger partial charge in [-0.15, -0.1) is 0 Å². The van der Waals surface area contributed by atoms with Crippen LogP contribution in [0.25, 0.3) is 10.9 Å². The Morgan fingerprint density at radius 3 is 2.86 bits per heavy atom. The molecule has 0 saturated heterocycles. The molecule has 0 aliphatic heterocycles. The summed E-state index contributed by atoms with van der Waals surface area (Å²) in [7, 11) is 0. The average molecular weight is 286 g/mol. The van der Waals surface area contributed by atoms with E-state index in [0.717, 1.165) is 30.2 Å². The van der Waals surface area contributed by atoms with E-state index in [9.17, 15) is 15.0 Å². The number of nitrogens with zero attached hydrogens (tertiary/aromatic N) is 1. The van der Waals surface area contributed by atoms with Crippen LogP contribution in [0.2, 0.25) is 0 Å². The summed E-state index contributed by atoms with van der Waals surface area (Å²) in [4.78, 5) is 15.6. The molecule has 110 valence electrons. The molecular formula is C16H18N2O3. The van der Waals surface area contributed by atoms with E-state index in [0.29, 0.717) is 12.2 Å².